The standard InChI is InChI=1S/C12H28N.F6P/c1-5-9-10-11-12-13(6-2,7-3)8-4;1-7(2,3,4,5)6/h5-12H2,1-4H3;/q+1;-1. The molecule has 1 nitrogen and oxygen atoms in total. The van der Waals surface area contributed by atoms with Gasteiger partial charge >= 0.3 is 33.0 Å². The molecule has 0 aromatic rings. The first-order valence-corrected chi connectivity index (χ1v) is 9.14. The SMILES string of the molecule is CCCCCC[N+](CC)(CC)CC.F[P-](F)(F)(F)(F)F. The van der Waals surface area contributed by atoms with Crippen LogP contribution in [-0.2, 0) is 0 Å². The van der Waals surface area contributed by atoms with Crippen molar-refractivity contribution in [1.82, 2.24) is 0 Å². The molecule has 0 aliphatic carbocycles. The van der Waals surface area contributed by atoms with Crippen molar-refractivity contribution in [2.24, 2.45) is 0 Å². The predicted molar refractivity (Wildman–Crippen MR) is 74.5 cm³/mol. The molecule has 0 aromatic heterocycles. The van der Waals surface area contributed by atoms with Crippen LogP contribution in [0.4, 0.5) is 25.2 Å². The third kappa shape index (κ3) is 20.3. The fourth-order valence-corrected chi connectivity index (χ4v) is 2.02. The van der Waals surface area contributed by atoms with Gasteiger partial charge in [0.25, 0.3) is 0 Å². The van der Waals surface area contributed by atoms with Crippen molar-refractivity contribution in [2.75, 3.05) is 26.2 Å². The summed E-state index contributed by atoms with van der Waals surface area (Å²) in [6.45, 7) is 14.6. The summed E-state index contributed by atoms with van der Waals surface area (Å²) < 4.78 is 60.5. The summed E-state index contributed by atoms with van der Waals surface area (Å²) in [5.41, 5.74) is 0. The molecular formula is C12H28F6NP. The van der Waals surface area contributed by atoms with Crippen LogP contribution in [0.25, 0.3) is 0 Å². The van der Waals surface area contributed by atoms with Gasteiger partial charge in [0.1, 0.15) is 0 Å². The van der Waals surface area contributed by atoms with Crippen LogP contribution in [0.2, 0.25) is 0 Å². The van der Waals surface area contributed by atoms with Gasteiger partial charge in [-0.15, -0.1) is 0 Å². The normalized spacial score (nSPS) is 15.9. The quantitative estimate of drug-likeness (QED) is 0.198. The average molecular weight is 331 g/mol. The predicted octanol–water partition coefficient (Wildman–Crippen LogP) is 6.83. The number of rotatable bonds is 8. The van der Waals surface area contributed by atoms with E-state index in [4.69, 9.17) is 0 Å². The summed E-state index contributed by atoms with van der Waals surface area (Å²) in [7, 11) is -10.7. The summed E-state index contributed by atoms with van der Waals surface area (Å²) in [5.74, 6) is 0. The molecule has 0 unspecified atom stereocenters. The van der Waals surface area contributed by atoms with Crippen LogP contribution < -0.4 is 0 Å². The van der Waals surface area contributed by atoms with Crippen LogP contribution in [-0.4, -0.2) is 30.7 Å². The van der Waals surface area contributed by atoms with E-state index in [0.29, 0.717) is 0 Å². The molecule has 0 amide bonds. The molecule has 0 bridgehead atoms. The number of nitrogens with zero attached hydrogens (tertiary/aromatic N) is 1. The molecule has 0 atom stereocenters. The van der Waals surface area contributed by atoms with Crippen molar-refractivity contribution < 1.29 is 29.7 Å². The number of hydrogen-bond donors (Lipinski definition) is 0. The van der Waals surface area contributed by atoms with Crippen molar-refractivity contribution in [3.05, 3.63) is 0 Å². The van der Waals surface area contributed by atoms with E-state index >= 15 is 0 Å². The Balaban J connectivity index is 0. The Morgan fingerprint density at radius 3 is 1.25 bits per heavy atom. The van der Waals surface area contributed by atoms with Crippen molar-refractivity contribution in [1.29, 1.82) is 0 Å². The van der Waals surface area contributed by atoms with Gasteiger partial charge in [-0.1, -0.05) is 19.8 Å². The third-order valence-corrected chi connectivity index (χ3v) is 3.50. The van der Waals surface area contributed by atoms with Crippen molar-refractivity contribution in [2.45, 2.75) is 53.4 Å². The average Bonchev–Trinajstić information content (AvgIpc) is 2.26. The summed E-state index contributed by atoms with van der Waals surface area (Å²) in [5, 5.41) is 0. The maximum absolute atomic E-state index is 10.7. The monoisotopic (exact) mass is 331 g/mol. The van der Waals surface area contributed by atoms with Gasteiger partial charge in [0.2, 0.25) is 0 Å². The number of halogens is 6. The third-order valence-electron chi connectivity index (χ3n) is 3.50. The van der Waals surface area contributed by atoms with E-state index in [-0.39, 0.29) is 0 Å². The molecule has 0 fully saturated rings. The molecule has 0 aliphatic rings. The first-order chi connectivity index (χ1) is 8.69. The van der Waals surface area contributed by atoms with Crippen LogP contribution in [0, 0.1) is 0 Å². The van der Waals surface area contributed by atoms with Gasteiger partial charge in [-0.25, -0.2) is 0 Å². The fraction of sp³-hybridized carbons (Fsp3) is 1.00. The zero-order chi connectivity index (χ0) is 16.6. The maximum atomic E-state index is 9.87. The molecular weight excluding hydrogens is 303 g/mol. The summed E-state index contributed by atoms with van der Waals surface area (Å²) in [6.07, 6.45) is 5.61. The first-order valence-electron chi connectivity index (χ1n) is 7.11. The zero-order valence-corrected chi connectivity index (χ0v) is 13.7. The van der Waals surface area contributed by atoms with Crippen LogP contribution >= 0.6 is 7.81 Å². The van der Waals surface area contributed by atoms with Gasteiger partial charge in [0.15, 0.2) is 0 Å². The van der Waals surface area contributed by atoms with Crippen LogP contribution in [0.5, 0.6) is 0 Å². The van der Waals surface area contributed by atoms with E-state index in [1.165, 1.54) is 56.3 Å². The van der Waals surface area contributed by atoms with Gasteiger partial charge in [0.05, 0.1) is 26.2 Å². The van der Waals surface area contributed by atoms with Crippen LogP contribution in [0.1, 0.15) is 53.4 Å². The molecule has 0 rings (SSSR count). The van der Waals surface area contributed by atoms with E-state index < -0.39 is 7.81 Å². The van der Waals surface area contributed by atoms with Gasteiger partial charge in [-0.05, 0) is 33.6 Å². The van der Waals surface area contributed by atoms with E-state index in [0.717, 1.165) is 0 Å². The molecule has 128 valence electrons. The Morgan fingerprint density at radius 2 is 1.00 bits per heavy atom. The van der Waals surface area contributed by atoms with E-state index in [2.05, 4.69) is 27.7 Å². The number of quaternary nitrogens is 1. The van der Waals surface area contributed by atoms with E-state index in [9.17, 15) is 25.2 Å². The first kappa shape index (κ1) is 22.3. The van der Waals surface area contributed by atoms with Crippen molar-refractivity contribution >= 4 is 7.81 Å². The van der Waals surface area contributed by atoms with Gasteiger partial charge < -0.3 is 4.48 Å². The Hall–Kier alpha value is -0.0300. The van der Waals surface area contributed by atoms with Gasteiger partial charge in [-0.2, -0.15) is 0 Å². The summed E-state index contributed by atoms with van der Waals surface area (Å²) >= 11 is 0. The second kappa shape index (κ2) is 7.30. The van der Waals surface area contributed by atoms with Crippen LogP contribution in [0.15, 0.2) is 0 Å². The molecule has 0 radical (unpaired) electrons. The van der Waals surface area contributed by atoms with Gasteiger partial charge in [0, 0.05) is 0 Å². The Bertz CT molecular complexity index is 237. The van der Waals surface area contributed by atoms with Crippen LogP contribution in [0.3, 0.4) is 0 Å². The number of unbranched alkanes of at least 4 members (excludes halogenated alkanes) is 3. The second-order valence-corrected chi connectivity index (χ2v) is 6.95. The molecule has 0 saturated carbocycles. The fourth-order valence-electron chi connectivity index (χ4n) is 2.02. The Labute approximate surface area is 118 Å². The Kier molecular flexibility index (Phi) is 8.12. The summed E-state index contributed by atoms with van der Waals surface area (Å²) in [4.78, 5) is 0. The topological polar surface area (TPSA) is 0 Å². The number of hydrogen-bond acceptors (Lipinski definition) is 0. The second-order valence-electron chi connectivity index (χ2n) is 5.03. The molecule has 0 heterocycles. The van der Waals surface area contributed by atoms with E-state index in [1.807, 2.05) is 0 Å². The molecule has 0 saturated heterocycles. The van der Waals surface area contributed by atoms with E-state index in [1.54, 1.807) is 0 Å². The molecule has 0 spiro atoms. The molecule has 0 N–H and O–H groups in total. The van der Waals surface area contributed by atoms with Gasteiger partial charge in [-0.3, -0.25) is 0 Å². The molecule has 20 heavy (non-hydrogen) atoms. The minimum atomic E-state index is -10.7. The Morgan fingerprint density at radius 1 is 0.650 bits per heavy atom. The van der Waals surface area contributed by atoms with Crippen molar-refractivity contribution in [3.8, 4) is 0 Å². The summed E-state index contributed by atoms with van der Waals surface area (Å²) in [6, 6.07) is 0. The molecule has 0 aliphatic heterocycles. The zero-order valence-electron chi connectivity index (χ0n) is 12.8. The minimum absolute atomic E-state index is 1.30. The van der Waals surface area contributed by atoms with Crippen molar-refractivity contribution in [3.63, 3.8) is 0 Å². The molecule has 0 aromatic carbocycles. The molecule has 8 heteroatoms.